The van der Waals surface area contributed by atoms with E-state index < -0.39 is 12.1 Å². The molecule has 0 aliphatic heterocycles. The average molecular weight is 189 g/mol. The Hall–Kier alpha value is -0.510. The number of hydrogen-bond donors (Lipinski definition) is 1. The van der Waals surface area contributed by atoms with Gasteiger partial charge in [-0.05, 0) is 19.1 Å². The maximum absolute atomic E-state index is 10.4. The topological polar surface area (TPSA) is 46.5 Å². The quantitative estimate of drug-likeness (QED) is 0.725. The van der Waals surface area contributed by atoms with Crippen molar-refractivity contribution in [2.24, 2.45) is 0 Å². The van der Waals surface area contributed by atoms with E-state index in [0.29, 0.717) is 5.75 Å². The van der Waals surface area contributed by atoms with Crippen LogP contribution < -0.4 is 4.74 Å². The number of hydrogen-bond acceptors (Lipinski definition) is 2. The Kier molecular flexibility index (Phi) is 5.79. The molecule has 0 bridgehead atoms. The summed E-state index contributed by atoms with van der Waals surface area (Å²) in [6.45, 7) is 1.50. The van der Waals surface area contributed by atoms with E-state index in [9.17, 15) is 4.79 Å². The van der Waals surface area contributed by atoms with E-state index in [1.165, 1.54) is 6.92 Å². The standard InChI is InChI=1S/C9H10O3.Na/c1-7(9(10)11)12-8-5-3-2-4-6-8;/h2-7H,1H3,(H,10,11);. The molecule has 65 valence electrons. The molecule has 0 aliphatic rings. The van der Waals surface area contributed by atoms with Crippen molar-refractivity contribution in [1.29, 1.82) is 0 Å². The summed E-state index contributed by atoms with van der Waals surface area (Å²) in [6, 6.07) is 8.88. The summed E-state index contributed by atoms with van der Waals surface area (Å²) in [4.78, 5) is 10.4. The first kappa shape index (κ1) is 12.5. The first-order valence-corrected chi connectivity index (χ1v) is 3.64. The van der Waals surface area contributed by atoms with E-state index in [1.807, 2.05) is 6.07 Å². The van der Waals surface area contributed by atoms with E-state index in [1.54, 1.807) is 24.3 Å². The van der Waals surface area contributed by atoms with Crippen LogP contribution in [0.2, 0.25) is 0 Å². The molecule has 0 aliphatic carbocycles. The number of para-hydroxylation sites is 1. The predicted octanol–water partition coefficient (Wildman–Crippen LogP) is 1.16. The molecule has 1 aromatic carbocycles. The number of benzene rings is 1. The van der Waals surface area contributed by atoms with Gasteiger partial charge in [-0.3, -0.25) is 0 Å². The minimum Gasteiger partial charge on any atom is -0.479 e. The van der Waals surface area contributed by atoms with E-state index in [0.717, 1.165) is 0 Å². The second-order valence-electron chi connectivity index (χ2n) is 2.41. The molecule has 0 spiro atoms. The van der Waals surface area contributed by atoms with E-state index in [2.05, 4.69) is 0 Å². The van der Waals surface area contributed by atoms with Gasteiger partial charge in [0.25, 0.3) is 0 Å². The van der Waals surface area contributed by atoms with Crippen molar-refractivity contribution in [3.8, 4) is 5.75 Å². The fraction of sp³-hybridized carbons (Fsp3) is 0.222. The van der Waals surface area contributed by atoms with Crippen LogP contribution in [-0.2, 0) is 4.79 Å². The van der Waals surface area contributed by atoms with Gasteiger partial charge in [0.1, 0.15) is 5.75 Å². The molecule has 1 aromatic rings. The zero-order valence-electron chi connectivity index (χ0n) is 7.73. The Morgan fingerprint density at radius 1 is 1.38 bits per heavy atom. The van der Waals surface area contributed by atoms with Crippen LogP contribution in [0.25, 0.3) is 0 Å². The van der Waals surface area contributed by atoms with Gasteiger partial charge in [0.05, 0.1) is 0 Å². The monoisotopic (exact) mass is 189 g/mol. The van der Waals surface area contributed by atoms with Gasteiger partial charge in [0.15, 0.2) is 6.10 Å². The Morgan fingerprint density at radius 2 is 1.92 bits per heavy atom. The summed E-state index contributed by atoms with van der Waals surface area (Å²) >= 11 is 0. The van der Waals surface area contributed by atoms with Crippen molar-refractivity contribution in [2.75, 3.05) is 0 Å². The van der Waals surface area contributed by atoms with E-state index in [-0.39, 0.29) is 29.6 Å². The van der Waals surface area contributed by atoms with Crippen LogP contribution in [0, 0.1) is 0 Å². The minimum absolute atomic E-state index is 0. The van der Waals surface area contributed by atoms with Crippen LogP contribution in [0.5, 0.6) is 5.75 Å². The number of aliphatic carboxylic acids is 1. The smallest absolute Gasteiger partial charge is 0.344 e. The van der Waals surface area contributed by atoms with Crippen molar-refractivity contribution in [1.82, 2.24) is 0 Å². The Balaban J connectivity index is 0.00000144. The Morgan fingerprint density at radius 3 is 2.38 bits per heavy atom. The summed E-state index contributed by atoms with van der Waals surface area (Å²) in [5.41, 5.74) is 0. The van der Waals surface area contributed by atoms with Gasteiger partial charge in [-0.25, -0.2) is 4.79 Å². The van der Waals surface area contributed by atoms with Crippen molar-refractivity contribution in [2.45, 2.75) is 13.0 Å². The van der Waals surface area contributed by atoms with Gasteiger partial charge in [-0.2, -0.15) is 0 Å². The Bertz CT molecular complexity index is 261. The van der Waals surface area contributed by atoms with Crippen molar-refractivity contribution in [3.05, 3.63) is 30.3 Å². The summed E-state index contributed by atoms with van der Waals surface area (Å²) in [5.74, 6) is -0.383. The second-order valence-corrected chi connectivity index (χ2v) is 2.41. The van der Waals surface area contributed by atoms with Gasteiger partial charge >= 0.3 is 5.97 Å². The van der Waals surface area contributed by atoms with E-state index in [4.69, 9.17) is 9.84 Å². The van der Waals surface area contributed by atoms with E-state index >= 15 is 0 Å². The van der Waals surface area contributed by atoms with Crippen LogP contribution in [0.15, 0.2) is 30.3 Å². The first-order chi connectivity index (χ1) is 5.70. The molecule has 1 atom stereocenters. The number of rotatable bonds is 3. The fourth-order valence-electron chi connectivity index (χ4n) is 0.754. The molecule has 0 heterocycles. The minimum atomic E-state index is -0.959. The molecule has 0 amide bonds. The van der Waals surface area contributed by atoms with Crippen molar-refractivity contribution >= 4 is 35.5 Å². The van der Waals surface area contributed by atoms with Crippen molar-refractivity contribution in [3.63, 3.8) is 0 Å². The van der Waals surface area contributed by atoms with Crippen LogP contribution in [-0.4, -0.2) is 46.7 Å². The molecule has 3 nitrogen and oxygen atoms in total. The molecule has 1 unspecified atom stereocenters. The number of carbonyl (C=O) groups is 1. The summed E-state index contributed by atoms with van der Waals surface area (Å²) in [7, 11) is 0. The summed E-state index contributed by atoms with van der Waals surface area (Å²) < 4.78 is 5.08. The third-order valence-electron chi connectivity index (χ3n) is 1.40. The number of carboxylic acid groups (broad SMARTS) is 1. The molecule has 0 fully saturated rings. The molecule has 1 rings (SSSR count). The van der Waals surface area contributed by atoms with Gasteiger partial charge in [-0.1, -0.05) is 18.2 Å². The van der Waals surface area contributed by atoms with Crippen LogP contribution in [0.1, 0.15) is 6.92 Å². The zero-order valence-corrected chi connectivity index (χ0v) is 9.73. The molecular formula is C9H10NaO3. The molecule has 0 saturated heterocycles. The molecule has 4 heteroatoms. The normalized spacial score (nSPS) is 11.2. The van der Waals surface area contributed by atoms with Gasteiger partial charge < -0.3 is 9.84 Å². The zero-order chi connectivity index (χ0) is 8.97. The molecule has 13 heavy (non-hydrogen) atoms. The third-order valence-corrected chi connectivity index (χ3v) is 1.40. The maximum atomic E-state index is 10.4. The first-order valence-electron chi connectivity index (χ1n) is 3.64. The van der Waals surface area contributed by atoms with Gasteiger partial charge in [0, 0.05) is 29.6 Å². The SMILES string of the molecule is CC(Oc1ccccc1)C(=O)O.[Na]. The summed E-state index contributed by atoms with van der Waals surface area (Å²) in [6.07, 6.45) is -0.799. The van der Waals surface area contributed by atoms with Crippen LogP contribution in [0.4, 0.5) is 0 Å². The summed E-state index contributed by atoms with van der Waals surface area (Å²) in [5, 5.41) is 8.52. The molecule has 1 N–H and O–H groups in total. The average Bonchev–Trinajstić information content (AvgIpc) is 2.06. The maximum Gasteiger partial charge on any atom is 0.344 e. The van der Waals surface area contributed by atoms with Gasteiger partial charge in [0.2, 0.25) is 0 Å². The van der Waals surface area contributed by atoms with Gasteiger partial charge in [-0.15, -0.1) is 0 Å². The molecular weight excluding hydrogens is 179 g/mol. The third kappa shape index (κ3) is 4.31. The fourth-order valence-corrected chi connectivity index (χ4v) is 0.754. The number of ether oxygens (including phenoxy) is 1. The molecule has 0 saturated carbocycles. The molecule has 0 aromatic heterocycles. The van der Waals surface area contributed by atoms with Crippen LogP contribution >= 0.6 is 0 Å². The van der Waals surface area contributed by atoms with Crippen molar-refractivity contribution < 1.29 is 14.6 Å². The predicted molar refractivity (Wildman–Crippen MR) is 49.9 cm³/mol. The van der Waals surface area contributed by atoms with Crippen LogP contribution in [0.3, 0.4) is 0 Å². The molecule has 1 radical (unpaired) electrons. The number of carboxylic acids is 1. The Labute approximate surface area is 99.0 Å². The second kappa shape index (κ2) is 6.02. The largest absolute Gasteiger partial charge is 0.479 e.